The minimum atomic E-state index is -0.975. The number of nitrogens with zero attached hydrogens (tertiary/aromatic N) is 1. The number of hydrogen-bond acceptors (Lipinski definition) is 5. The molecule has 152 valence electrons. The summed E-state index contributed by atoms with van der Waals surface area (Å²) in [6.07, 6.45) is 1.11. The molecule has 3 rings (SSSR count). The van der Waals surface area contributed by atoms with E-state index in [9.17, 15) is 14.4 Å². The second kappa shape index (κ2) is 8.34. The molecule has 1 N–H and O–H groups in total. The third kappa shape index (κ3) is 4.39. The molecule has 1 aliphatic rings. The first-order valence-corrected chi connectivity index (χ1v) is 9.30. The van der Waals surface area contributed by atoms with E-state index < -0.39 is 17.5 Å². The Balaban J connectivity index is 1.69. The van der Waals surface area contributed by atoms with Crippen molar-refractivity contribution < 1.29 is 23.9 Å². The number of ether oxygens (including phenoxy) is 2. The van der Waals surface area contributed by atoms with Crippen LogP contribution in [0, 0.1) is 0 Å². The molecule has 0 bridgehead atoms. The lowest BCUT2D eigenvalue weighted by Gasteiger charge is -2.22. The summed E-state index contributed by atoms with van der Waals surface area (Å²) in [7, 11) is 2.92. The van der Waals surface area contributed by atoms with Gasteiger partial charge in [-0.05, 0) is 55.2 Å². The standard InChI is InChI=1S/C22H24N2O5/c1-22(12-11-15-7-9-18(28-2)10-8-15)20(26)24(21(27)23-22)14-16-5-4-6-17(13-16)19(25)29-3/h4-10,13H,11-12,14H2,1-3H3,(H,23,27)/t22-/m0/s1. The highest BCUT2D eigenvalue weighted by Crippen LogP contribution is 2.25. The van der Waals surface area contributed by atoms with E-state index in [0.29, 0.717) is 24.0 Å². The summed E-state index contributed by atoms with van der Waals surface area (Å²) in [6, 6.07) is 13.9. The van der Waals surface area contributed by atoms with Crippen LogP contribution >= 0.6 is 0 Å². The first-order valence-electron chi connectivity index (χ1n) is 9.30. The first kappa shape index (κ1) is 20.4. The van der Waals surface area contributed by atoms with Crippen LogP contribution in [0.2, 0.25) is 0 Å². The fraction of sp³-hybridized carbons (Fsp3) is 0.318. The summed E-state index contributed by atoms with van der Waals surface area (Å²) in [5.74, 6) is 0.0263. The van der Waals surface area contributed by atoms with Crippen LogP contribution in [0.15, 0.2) is 48.5 Å². The number of hydrogen-bond donors (Lipinski definition) is 1. The predicted octanol–water partition coefficient (Wildman–Crippen LogP) is 2.93. The Morgan fingerprint density at radius 1 is 1.07 bits per heavy atom. The zero-order valence-electron chi connectivity index (χ0n) is 16.7. The first-order chi connectivity index (χ1) is 13.9. The lowest BCUT2D eigenvalue weighted by Crippen LogP contribution is -2.44. The van der Waals surface area contributed by atoms with Gasteiger partial charge < -0.3 is 14.8 Å². The molecule has 1 aliphatic heterocycles. The molecule has 0 saturated carbocycles. The van der Waals surface area contributed by atoms with Crippen LogP contribution in [0.5, 0.6) is 5.75 Å². The van der Waals surface area contributed by atoms with Crippen LogP contribution in [0.25, 0.3) is 0 Å². The van der Waals surface area contributed by atoms with Crippen LogP contribution in [0.1, 0.15) is 34.8 Å². The summed E-state index contributed by atoms with van der Waals surface area (Å²) in [5.41, 5.74) is 1.13. The molecule has 3 amide bonds. The Bertz CT molecular complexity index is 925. The van der Waals surface area contributed by atoms with Gasteiger partial charge in [-0.3, -0.25) is 9.69 Å². The highest BCUT2D eigenvalue weighted by atomic mass is 16.5. The highest BCUT2D eigenvalue weighted by molar-refractivity contribution is 6.06. The van der Waals surface area contributed by atoms with Crippen molar-refractivity contribution in [2.24, 2.45) is 0 Å². The second-order valence-corrected chi connectivity index (χ2v) is 7.19. The number of carbonyl (C=O) groups excluding carboxylic acids is 3. The molecule has 1 saturated heterocycles. The van der Waals surface area contributed by atoms with E-state index in [1.54, 1.807) is 38.3 Å². The maximum Gasteiger partial charge on any atom is 0.337 e. The largest absolute Gasteiger partial charge is 0.497 e. The molecule has 2 aromatic carbocycles. The minimum Gasteiger partial charge on any atom is -0.497 e. The Morgan fingerprint density at radius 3 is 2.45 bits per heavy atom. The summed E-state index contributed by atoms with van der Waals surface area (Å²) < 4.78 is 9.87. The molecule has 0 spiro atoms. The molecule has 1 atom stereocenters. The number of urea groups is 1. The van der Waals surface area contributed by atoms with Gasteiger partial charge in [0.2, 0.25) is 0 Å². The van der Waals surface area contributed by atoms with Crippen molar-refractivity contribution in [3.63, 3.8) is 0 Å². The fourth-order valence-corrected chi connectivity index (χ4v) is 3.34. The molecule has 1 fully saturated rings. The topological polar surface area (TPSA) is 84.9 Å². The van der Waals surface area contributed by atoms with Crippen molar-refractivity contribution in [1.82, 2.24) is 10.2 Å². The average molecular weight is 396 g/mol. The molecule has 7 nitrogen and oxygen atoms in total. The number of rotatable bonds is 7. The van der Waals surface area contributed by atoms with Crippen LogP contribution in [-0.2, 0) is 22.5 Å². The van der Waals surface area contributed by atoms with Gasteiger partial charge in [0, 0.05) is 0 Å². The molecule has 0 aromatic heterocycles. The van der Waals surface area contributed by atoms with Gasteiger partial charge >= 0.3 is 12.0 Å². The molecule has 29 heavy (non-hydrogen) atoms. The normalized spacial score (nSPS) is 18.5. The van der Waals surface area contributed by atoms with Gasteiger partial charge in [-0.1, -0.05) is 24.3 Å². The smallest absolute Gasteiger partial charge is 0.337 e. The lowest BCUT2D eigenvalue weighted by atomic mass is 9.93. The molecule has 1 heterocycles. The fourth-order valence-electron chi connectivity index (χ4n) is 3.34. The van der Waals surface area contributed by atoms with E-state index in [2.05, 4.69) is 5.32 Å². The van der Waals surface area contributed by atoms with E-state index in [4.69, 9.17) is 9.47 Å². The van der Waals surface area contributed by atoms with E-state index in [1.165, 1.54) is 12.0 Å². The van der Waals surface area contributed by atoms with Crippen LogP contribution in [0.4, 0.5) is 4.79 Å². The zero-order chi connectivity index (χ0) is 21.0. The van der Waals surface area contributed by atoms with Gasteiger partial charge in [0.25, 0.3) is 5.91 Å². The van der Waals surface area contributed by atoms with Gasteiger partial charge in [0.05, 0.1) is 26.3 Å². The molecule has 0 aliphatic carbocycles. The summed E-state index contributed by atoms with van der Waals surface area (Å²) in [4.78, 5) is 38.3. The zero-order valence-corrected chi connectivity index (χ0v) is 16.7. The number of imide groups is 1. The van der Waals surface area contributed by atoms with Gasteiger partial charge in [-0.15, -0.1) is 0 Å². The Kier molecular flexibility index (Phi) is 5.87. The number of carbonyl (C=O) groups is 3. The van der Waals surface area contributed by atoms with Gasteiger partial charge in [-0.25, -0.2) is 9.59 Å². The number of benzene rings is 2. The van der Waals surface area contributed by atoms with Crippen LogP contribution < -0.4 is 10.1 Å². The monoisotopic (exact) mass is 396 g/mol. The maximum atomic E-state index is 13.0. The van der Waals surface area contributed by atoms with Crippen LogP contribution in [-0.4, -0.2) is 42.6 Å². The number of methoxy groups -OCH3 is 2. The Labute approximate surface area is 169 Å². The molecular formula is C22H24N2O5. The number of aryl methyl sites for hydroxylation is 1. The minimum absolute atomic E-state index is 0.0909. The SMILES string of the molecule is COC(=O)c1cccc(CN2C(=O)N[C@@](C)(CCc3ccc(OC)cc3)C2=O)c1. The van der Waals surface area contributed by atoms with Crippen molar-refractivity contribution in [1.29, 1.82) is 0 Å². The number of nitrogens with one attached hydrogen (secondary N) is 1. The molecule has 0 radical (unpaired) electrons. The van der Waals surface area contributed by atoms with Crippen molar-refractivity contribution in [3.05, 3.63) is 65.2 Å². The molecule has 0 unspecified atom stereocenters. The van der Waals surface area contributed by atoms with E-state index >= 15 is 0 Å². The van der Waals surface area contributed by atoms with Crippen molar-refractivity contribution >= 4 is 17.9 Å². The van der Waals surface area contributed by atoms with Crippen molar-refractivity contribution in [2.45, 2.75) is 31.8 Å². The summed E-state index contributed by atoms with van der Waals surface area (Å²) in [5, 5.41) is 2.81. The summed E-state index contributed by atoms with van der Waals surface area (Å²) >= 11 is 0. The average Bonchev–Trinajstić information content (AvgIpc) is 2.95. The van der Waals surface area contributed by atoms with Crippen molar-refractivity contribution in [2.75, 3.05) is 14.2 Å². The molecular weight excluding hydrogens is 372 g/mol. The van der Waals surface area contributed by atoms with E-state index in [0.717, 1.165) is 11.3 Å². The highest BCUT2D eigenvalue weighted by Gasteiger charge is 2.47. The van der Waals surface area contributed by atoms with E-state index in [1.807, 2.05) is 24.3 Å². The quantitative estimate of drug-likeness (QED) is 0.575. The van der Waals surface area contributed by atoms with Gasteiger partial charge in [0.15, 0.2) is 0 Å². The van der Waals surface area contributed by atoms with Crippen molar-refractivity contribution in [3.8, 4) is 5.75 Å². The predicted molar refractivity (Wildman–Crippen MR) is 107 cm³/mol. The third-order valence-corrected chi connectivity index (χ3v) is 5.11. The second-order valence-electron chi connectivity index (χ2n) is 7.19. The lowest BCUT2D eigenvalue weighted by molar-refractivity contribution is -0.131. The van der Waals surface area contributed by atoms with E-state index in [-0.39, 0.29) is 12.5 Å². The van der Waals surface area contributed by atoms with Crippen LogP contribution in [0.3, 0.4) is 0 Å². The summed E-state index contributed by atoms with van der Waals surface area (Å²) in [6.45, 7) is 1.83. The Morgan fingerprint density at radius 2 is 1.79 bits per heavy atom. The van der Waals surface area contributed by atoms with Gasteiger partial charge in [0.1, 0.15) is 11.3 Å². The maximum absolute atomic E-state index is 13.0. The number of amides is 3. The Hall–Kier alpha value is -3.35. The molecule has 2 aromatic rings. The number of esters is 1. The third-order valence-electron chi connectivity index (χ3n) is 5.11. The van der Waals surface area contributed by atoms with Gasteiger partial charge in [-0.2, -0.15) is 0 Å². The molecule has 7 heteroatoms.